The minimum absolute atomic E-state index is 0.00758. The van der Waals surface area contributed by atoms with Crippen molar-refractivity contribution in [1.29, 1.82) is 0 Å². The van der Waals surface area contributed by atoms with Crippen LogP contribution in [0.1, 0.15) is 59.3 Å². The lowest BCUT2D eigenvalue weighted by Gasteiger charge is -2.26. The first-order valence-electron chi connectivity index (χ1n) is 9.27. The van der Waals surface area contributed by atoms with Crippen molar-refractivity contribution in [3.8, 4) is 0 Å². The van der Waals surface area contributed by atoms with Gasteiger partial charge >= 0.3 is 0 Å². The molecule has 138 valence electrons. The monoisotopic (exact) mass is 348 g/mol. The van der Waals surface area contributed by atoms with Crippen LogP contribution in [-0.2, 0) is 18.9 Å². The molecular formula is C18H36O4S. The summed E-state index contributed by atoms with van der Waals surface area (Å²) >= 11 is 1.80. The lowest BCUT2D eigenvalue weighted by atomic mass is 10.1. The Bertz CT molecular complexity index is 278. The van der Waals surface area contributed by atoms with E-state index in [4.69, 9.17) is 18.9 Å². The highest BCUT2D eigenvalue weighted by molar-refractivity contribution is 8.00. The molecule has 0 aromatic rings. The van der Waals surface area contributed by atoms with Gasteiger partial charge in [0.2, 0.25) is 0 Å². The van der Waals surface area contributed by atoms with Crippen LogP contribution in [0.3, 0.4) is 0 Å². The van der Waals surface area contributed by atoms with Gasteiger partial charge in [-0.3, -0.25) is 0 Å². The highest BCUT2D eigenvalue weighted by Gasteiger charge is 2.46. The van der Waals surface area contributed by atoms with Gasteiger partial charge in [0.25, 0.3) is 0 Å². The van der Waals surface area contributed by atoms with E-state index in [1.807, 2.05) is 0 Å². The summed E-state index contributed by atoms with van der Waals surface area (Å²) in [5.41, 5.74) is 0.0401. The summed E-state index contributed by atoms with van der Waals surface area (Å²) in [6.07, 6.45) is 6.80. The molecule has 23 heavy (non-hydrogen) atoms. The Labute approximate surface area is 147 Å². The van der Waals surface area contributed by atoms with Crippen LogP contribution in [0, 0.1) is 0 Å². The van der Waals surface area contributed by atoms with Crippen molar-refractivity contribution in [3.63, 3.8) is 0 Å². The molecule has 1 fully saturated rings. The molecule has 0 amide bonds. The lowest BCUT2D eigenvalue weighted by molar-refractivity contribution is -0.103. The number of thioether (sulfide) groups is 1. The van der Waals surface area contributed by atoms with E-state index in [9.17, 15) is 0 Å². The summed E-state index contributed by atoms with van der Waals surface area (Å²) < 4.78 is 23.8. The molecule has 1 aliphatic rings. The molecule has 0 N–H and O–H groups in total. The van der Waals surface area contributed by atoms with Gasteiger partial charge in [-0.15, -0.1) is 11.8 Å². The molecule has 5 heteroatoms. The Balaban J connectivity index is 2.57. The maximum atomic E-state index is 6.18. The largest absolute Gasteiger partial charge is 0.380 e. The first-order valence-corrected chi connectivity index (χ1v) is 10.2. The smallest absolute Gasteiger partial charge is 0.132 e. The quantitative estimate of drug-likeness (QED) is 0.438. The third-order valence-corrected chi connectivity index (χ3v) is 5.52. The zero-order valence-corrected chi connectivity index (χ0v) is 16.2. The molecule has 0 saturated carbocycles. The van der Waals surface area contributed by atoms with Gasteiger partial charge in [-0.25, -0.2) is 0 Å². The van der Waals surface area contributed by atoms with E-state index in [0.717, 1.165) is 65.0 Å². The van der Waals surface area contributed by atoms with Crippen LogP contribution in [0.15, 0.2) is 0 Å². The third kappa shape index (κ3) is 7.74. The van der Waals surface area contributed by atoms with Gasteiger partial charge in [0.1, 0.15) is 17.6 Å². The first kappa shape index (κ1) is 21.2. The van der Waals surface area contributed by atoms with Crippen LogP contribution in [0.5, 0.6) is 0 Å². The van der Waals surface area contributed by atoms with E-state index in [-0.39, 0.29) is 17.6 Å². The van der Waals surface area contributed by atoms with E-state index >= 15 is 0 Å². The number of rotatable bonds is 14. The normalized spacial score (nSPS) is 27.7. The second-order valence-electron chi connectivity index (χ2n) is 6.09. The molecule has 1 rings (SSSR count). The number of ether oxygens (including phenoxy) is 4. The number of methoxy groups -OCH3 is 1. The summed E-state index contributed by atoms with van der Waals surface area (Å²) in [5, 5.41) is 0.292. The summed E-state index contributed by atoms with van der Waals surface area (Å²) in [6.45, 7) is 9.66. The Hall–Kier alpha value is 0.190. The predicted octanol–water partition coefficient (Wildman–Crippen LogP) is 4.26. The molecule has 0 aromatic carbocycles. The van der Waals surface area contributed by atoms with Crippen LogP contribution in [0.2, 0.25) is 0 Å². The van der Waals surface area contributed by atoms with Crippen molar-refractivity contribution >= 4 is 11.8 Å². The van der Waals surface area contributed by atoms with E-state index in [2.05, 4.69) is 20.8 Å². The highest BCUT2D eigenvalue weighted by atomic mass is 32.2. The molecular weight excluding hydrogens is 312 g/mol. The molecule has 1 heterocycles. The fourth-order valence-electron chi connectivity index (χ4n) is 2.57. The summed E-state index contributed by atoms with van der Waals surface area (Å²) in [4.78, 5) is 0. The van der Waals surface area contributed by atoms with E-state index in [1.54, 1.807) is 18.9 Å². The summed E-state index contributed by atoms with van der Waals surface area (Å²) in [5.74, 6) is 0. The second kappa shape index (κ2) is 13.5. The molecule has 1 saturated heterocycles. The maximum Gasteiger partial charge on any atom is 0.132 e. The molecule has 4 nitrogen and oxygen atoms in total. The number of unbranched alkanes of at least 4 members (excludes halogenated alkanes) is 3. The van der Waals surface area contributed by atoms with Gasteiger partial charge in [-0.05, 0) is 19.3 Å². The third-order valence-electron chi connectivity index (χ3n) is 4.04. The van der Waals surface area contributed by atoms with Crippen molar-refractivity contribution in [2.24, 2.45) is 0 Å². The average molecular weight is 349 g/mol. The number of hydrogen-bond donors (Lipinski definition) is 0. The SMILES string of the molecule is CCCCOC[C@@H]1SC(OC)[C@H](OCCCC)[C@H]1OCCCC. The van der Waals surface area contributed by atoms with Gasteiger partial charge < -0.3 is 18.9 Å². The Morgan fingerprint density at radius 2 is 1.35 bits per heavy atom. The van der Waals surface area contributed by atoms with Crippen molar-refractivity contribution in [1.82, 2.24) is 0 Å². The van der Waals surface area contributed by atoms with E-state index in [0.29, 0.717) is 5.25 Å². The Morgan fingerprint density at radius 1 is 0.783 bits per heavy atom. The van der Waals surface area contributed by atoms with Crippen molar-refractivity contribution in [2.45, 2.75) is 82.2 Å². The second-order valence-corrected chi connectivity index (χ2v) is 7.43. The molecule has 0 aliphatic carbocycles. The van der Waals surface area contributed by atoms with Crippen molar-refractivity contribution in [3.05, 3.63) is 0 Å². The fourth-order valence-corrected chi connectivity index (χ4v) is 3.97. The number of hydrogen-bond acceptors (Lipinski definition) is 5. The molecule has 4 atom stereocenters. The molecule has 0 aromatic heterocycles. The first-order chi connectivity index (χ1) is 11.3. The van der Waals surface area contributed by atoms with Gasteiger partial charge in [0.15, 0.2) is 0 Å². The molecule has 1 aliphatic heterocycles. The molecule has 0 spiro atoms. The lowest BCUT2D eigenvalue weighted by Crippen LogP contribution is -2.40. The fraction of sp³-hybridized carbons (Fsp3) is 1.00. The van der Waals surface area contributed by atoms with Crippen LogP contribution >= 0.6 is 11.8 Å². The zero-order valence-electron chi connectivity index (χ0n) is 15.4. The molecule has 1 unspecified atom stereocenters. The van der Waals surface area contributed by atoms with Crippen LogP contribution in [0.25, 0.3) is 0 Å². The zero-order chi connectivity index (χ0) is 16.9. The standard InChI is InChI=1S/C18H36O4S/c1-5-8-11-20-14-15-16(21-12-9-6-2)17(18(19-4)23-15)22-13-10-7-3/h15-18H,5-14H2,1-4H3/t15-,16-,17+,18?/m0/s1. The van der Waals surface area contributed by atoms with E-state index in [1.165, 1.54) is 0 Å². The van der Waals surface area contributed by atoms with Crippen molar-refractivity contribution < 1.29 is 18.9 Å². The minimum Gasteiger partial charge on any atom is -0.380 e. The van der Waals surface area contributed by atoms with Gasteiger partial charge in [0.05, 0.1) is 11.9 Å². The molecule has 0 radical (unpaired) electrons. The maximum absolute atomic E-state index is 6.18. The van der Waals surface area contributed by atoms with Crippen LogP contribution in [0.4, 0.5) is 0 Å². The summed E-state index contributed by atoms with van der Waals surface area (Å²) in [6, 6.07) is 0. The summed E-state index contributed by atoms with van der Waals surface area (Å²) in [7, 11) is 1.76. The minimum atomic E-state index is 0.00758. The van der Waals surface area contributed by atoms with Gasteiger partial charge in [-0.1, -0.05) is 40.0 Å². The van der Waals surface area contributed by atoms with Gasteiger partial charge in [-0.2, -0.15) is 0 Å². The Kier molecular flexibility index (Phi) is 12.4. The Morgan fingerprint density at radius 3 is 1.91 bits per heavy atom. The average Bonchev–Trinajstić information content (AvgIpc) is 2.89. The highest BCUT2D eigenvalue weighted by Crippen LogP contribution is 2.38. The van der Waals surface area contributed by atoms with Crippen LogP contribution in [-0.4, -0.2) is 56.4 Å². The van der Waals surface area contributed by atoms with Gasteiger partial charge in [0, 0.05) is 26.9 Å². The topological polar surface area (TPSA) is 36.9 Å². The molecule has 0 bridgehead atoms. The van der Waals surface area contributed by atoms with E-state index < -0.39 is 0 Å². The van der Waals surface area contributed by atoms with Crippen LogP contribution < -0.4 is 0 Å². The van der Waals surface area contributed by atoms with Crippen molar-refractivity contribution in [2.75, 3.05) is 33.5 Å². The predicted molar refractivity (Wildman–Crippen MR) is 97.2 cm³/mol.